The van der Waals surface area contributed by atoms with Crippen LogP contribution in [0.25, 0.3) is 0 Å². The molecule has 1 aromatic rings. The van der Waals surface area contributed by atoms with Gasteiger partial charge in [-0.1, -0.05) is 31.9 Å². The van der Waals surface area contributed by atoms with E-state index in [2.05, 4.69) is 20.8 Å². The molecule has 0 aliphatic carbocycles. The molecule has 0 bridgehead atoms. The third kappa shape index (κ3) is 4.87. The van der Waals surface area contributed by atoms with E-state index in [0.29, 0.717) is 5.88 Å². The summed E-state index contributed by atoms with van der Waals surface area (Å²) in [4.78, 5) is 14.4. The highest BCUT2D eigenvalue weighted by molar-refractivity contribution is 6.17. The van der Waals surface area contributed by atoms with Crippen LogP contribution in [0.2, 0.25) is 0 Å². The van der Waals surface area contributed by atoms with Gasteiger partial charge in [0.15, 0.2) is 0 Å². The molecule has 0 saturated heterocycles. The lowest BCUT2D eigenvalue weighted by Crippen LogP contribution is -2.37. The van der Waals surface area contributed by atoms with E-state index in [1.54, 1.807) is 0 Å². The Balaban J connectivity index is 2.74. The fourth-order valence-electron chi connectivity index (χ4n) is 2.03. The molecule has 1 amide bonds. The number of unbranched alkanes of at least 4 members (excludes halogenated alkanes) is 2. The normalized spacial score (nSPS) is 10.8. The van der Waals surface area contributed by atoms with Crippen LogP contribution in [0, 0.1) is 0 Å². The van der Waals surface area contributed by atoms with Crippen molar-refractivity contribution in [2.75, 3.05) is 6.54 Å². The molecule has 0 fully saturated rings. The van der Waals surface area contributed by atoms with Crippen LogP contribution < -0.4 is 0 Å². The van der Waals surface area contributed by atoms with Gasteiger partial charge in [0.2, 0.25) is 0 Å². The summed E-state index contributed by atoms with van der Waals surface area (Å²) in [5, 5.41) is 0. The Morgan fingerprint density at radius 1 is 1.21 bits per heavy atom. The number of rotatable bonds is 7. The number of amides is 1. The second kappa shape index (κ2) is 8.21. The van der Waals surface area contributed by atoms with Crippen molar-refractivity contribution in [1.29, 1.82) is 0 Å². The van der Waals surface area contributed by atoms with E-state index in [4.69, 9.17) is 11.6 Å². The van der Waals surface area contributed by atoms with E-state index in [-0.39, 0.29) is 11.9 Å². The second-order valence-electron chi connectivity index (χ2n) is 5.13. The molecular formula is C16H24ClNO. The second-order valence-corrected chi connectivity index (χ2v) is 5.40. The minimum Gasteiger partial charge on any atom is -0.336 e. The first kappa shape index (κ1) is 16.0. The van der Waals surface area contributed by atoms with Crippen LogP contribution in [0.15, 0.2) is 24.3 Å². The Hall–Kier alpha value is -1.02. The molecule has 0 spiro atoms. The van der Waals surface area contributed by atoms with Gasteiger partial charge in [-0.2, -0.15) is 0 Å². The minimum absolute atomic E-state index is 0.118. The number of alkyl halides is 1. The van der Waals surface area contributed by atoms with Crippen molar-refractivity contribution in [3.8, 4) is 0 Å². The summed E-state index contributed by atoms with van der Waals surface area (Å²) in [5.41, 5.74) is 1.79. The highest BCUT2D eigenvalue weighted by atomic mass is 35.5. The lowest BCUT2D eigenvalue weighted by atomic mass is 10.1. The molecule has 2 nitrogen and oxygen atoms in total. The predicted molar refractivity (Wildman–Crippen MR) is 81.7 cm³/mol. The van der Waals surface area contributed by atoms with Crippen LogP contribution in [0.1, 0.15) is 56.0 Å². The summed E-state index contributed by atoms with van der Waals surface area (Å²) in [7, 11) is 0. The topological polar surface area (TPSA) is 20.3 Å². The van der Waals surface area contributed by atoms with Gasteiger partial charge in [-0.3, -0.25) is 4.79 Å². The number of carbonyl (C=O) groups is 1. The monoisotopic (exact) mass is 281 g/mol. The Labute approximate surface area is 121 Å². The standard InChI is InChI=1S/C16H24ClNO/c1-4-5-6-11-18(13(2)3)16(19)15-9-7-14(12-17)8-10-15/h7-10,13H,4-6,11-12H2,1-3H3. The zero-order chi connectivity index (χ0) is 14.3. The lowest BCUT2D eigenvalue weighted by Gasteiger charge is -2.27. The van der Waals surface area contributed by atoms with Gasteiger partial charge >= 0.3 is 0 Å². The molecule has 0 heterocycles. The maximum Gasteiger partial charge on any atom is 0.254 e. The average molecular weight is 282 g/mol. The molecule has 0 aliphatic heterocycles. The van der Waals surface area contributed by atoms with Crippen LogP contribution in [0.4, 0.5) is 0 Å². The maximum absolute atomic E-state index is 12.5. The van der Waals surface area contributed by atoms with E-state index >= 15 is 0 Å². The highest BCUT2D eigenvalue weighted by Crippen LogP contribution is 2.12. The van der Waals surface area contributed by atoms with Crippen LogP contribution in [0.5, 0.6) is 0 Å². The minimum atomic E-state index is 0.118. The lowest BCUT2D eigenvalue weighted by molar-refractivity contribution is 0.0702. The van der Waals surface area contributed by atoms with Crippen LogP contribution >= 0.6 is 11.6 Å². The Kier molecular flexibility index (Phi) is 6.93. The van der Waals surface area contributed by atoms with Gasteiger partial charge in [0.05, 0.1) is 0 Å². The molecular weight excluding hydrogens is 258 g/mol. The van der Waals surface area contributed by atoms with Gasteiger partial charge in [-0.15, -0.1) is 11.6 Å². The van der Waals surface area contributed by atoms with Crippen molar-refractivity contribution in [1.82, 2.24) is 4.90 Å². The van der Waals surface area contributed by atoms with E-state index in [1.165, 1.54) is 12.8 Å². The van der Waals surface area contributed by atoms with Gasteiger partial charge in [-0.25, -0.2) is 0 Å². The highest BCUT2D eigenvalue weighted by Gasteiger charge is 2.17. The summed E-state index contributed by atoms with van der Waals surface area (Å²) in [5.74, 6) is 0.603. The average Bonchev–Trinajstić information content (AvgIpc) is 2.42. The number of carbonyl (C=O) groups excluding carboxylic acids is 1. The van der Waals surface area contributed by atoms with Gasteiger partial charge in [-0.05, 0) is 38.0 Å². The number of hydrogen-bond donors (Lipinski definition) is 0. The summed E-state index contributed by atoms with van der Waals surface area (Å²) in [6.07, 6.45) is 3.41. The van der Waals surface area contributed by atoms with Gasteiger partial charge in [0, 0.05) is 24.0 Å². The van der Waals surface area contributed by atoms with E-state index in [0.717, 1.165) is 24.1 Å². The zero-order valence-electron chi connectivity index (χ0n) is 12.2. The summed E-state index contributed by atoms with van der Waals surface area (Å²) < 4.78 is 0. The van der Waals surface area contributed by atoms with Crippen molar-refractivity contribution in [3.63, 3.8) is 0 Å². The predicted octanol–water partition coefficient (Wildman–Crippen LogP) is 4.47. The molecule has 19 heavy (non-hydrogen) atoms. The Morgan fingerprint density at radius 3 is 2.32 bits per heavy atom. The quantitative estimate of drug-likeness (QED) is 0.533. The number of nitrogens with zero attached hydrogens (tertiary/aromatic N) is 1. The molecule has 0 saturated carbocycles. The smallest absolute Gasteiger partial charge is 0.254 e. The number of benzene rings is 1. The van der Waals surface area contributed by atoms with Crippen molar-refractivity contribution in [2.24, 2.45) is 0 Å². The molecule has 106 valence electrons. The van der Waals surface area contributed by atoms with Crippen molar-refractivity contribution in [2.45, 2.75) is 52.0 Å². The fourth-order valence-corrected chi connectivity index (χ4v) is 2.21. The summed E-state index contributed by atoms with van der Waals surface area (Å²) in [6, 6.07) is 7.82. The molecule has 0 aliphatic rings. The summed E-state index contributed by atoms with van der Waals surface area (Å²) >= 11 is 5.76. The van der Waals surface area contributed by atoms with E-state index in [9.17, 15) is 4.79 Å². The molecule has 0 aromatic heterocycles. The fraction of sp³-hybridized carbons (Fsp3) is 0.562. The molecule has 0 atom stereocenters. The Bertz CT molecular complexity index is 386. The Morgan fingerprint density at radius 2 is 1.84 bits per heavy atom. The van der Waals surface area contributed by atoms with Crippen molar-refractivity contribution >= 4 is 17.5 Å². The first-order valence-corrected chi connectivity index (χ1v) is 7.59. The van der Waals surface area contributed by atoms with E-state index < -0.39 is 0 Å². The molecule has 0 radical (unpaired) electrons. The molecule has 1 rings (SSSR count). The summed E-state index contributed by atoms with van der Waals surface area (Å²) in [6.45, 7) is 7.14. The van der Waals surface area contributed by atoms with Crippen LogP contribution in [0.3, 0.4) is 0 Å². The van der Waals surface area contributed by atoms with E-state index in [1.807, 2.05) is 29.2 Å². The molecule has 0 unspecified atom stereocenters. The van der Waals surface area contributed by atoms with Gasteiger partial charge < -0.3 is 4.90 Å². The van der Waals surface area contributed by atoms with Crippen molar-refractivity contribution < 1.29 is 4.79 Å². The van der Waals surface area contributed by atoms with Crippen LogP contribution in [-0.2, 0) is 5.88 Å². The van der Waals surface area contributed by atoms with Crippen LogP contribution in [-0.4, -0.2) is 23.4 Å². The first-order chi connectivity index (χ1) is 9.10. The maximum atomic E-state index is 12.5. The van der Waals surface area contributed by atoms with Gasteiger partial charge in [0.25, 0.3) is 5.91 Å². The molecule has 1 aromatic carbocycles. The third-order valence-electron chi connectivity index (χ3n) is 3.24. The largest absolute Gasteiger partial charge is 0.336 e. The molecule has 3 heteroatoms. The number of halogens is 1. The number of hydrogen-bond acceptors (Lipinski definition) is 1. The zero-order valence-corrected chi connectivity index (χ0v) is 12.9. The first-order valence-electron chi connectivity index (χ1n) is 7.06. The molecule has 0 N–H and O–H groups in total. The third-order valence-corrected chi connectivity index (χ3v) is 3.55. The van der Waals surface area contributed by atoms with Gasteiger partial charge in [0.1, 0.15) is 0 Å². The SMILES string of the molecule is CCCCCN(C(=O)c1ccc(CCl)cc1)C(C)C. The van der Waals surface area contributed by atoms with Crippen molar-refractivity contribution in [3.05, 3.63) is 35.4 Å².